The van der Waals surface area contributed by atoms with Crippen LogP contribution in [-0.2, 0) is 0 Å². The molecular formula is C14H19F2NO2. The second-order valence-corrected chi connectivity index (χ2v) is 5.19. The van der Waals surface area contributed by atoms with Crippen molar-refractivity contribution in [3.63, 3.8) is 0 Å². The molecule has 0 heterocycles. The molecule has 2 atom stereocenters. The summed E-state index contributed by atoms with van der Waals surface area (Å²) >= 11 is 0. The molecule has 0 bridgehead atoms. The van der Waals surface area contributed by atoms with Crippen molar-refractivity contribution in [2.75, 3.05) is 13.2 Å². The van der Waals surface area contributed by atoms with E-state index >= 15 is 0 Å². The average molecular weight is 271 g/mol. The van der Waals surface area contributed by atoms with Crippen LogP contribution in [0.15, 0.2) is 18.2 Å². The molecule has 0 amide bonds. The van der Waals surface area contributed by atoms with E-state index in [1.165, 1.54) is 6.07 Å². The molecule has 5 heteroatoms. The summed E-state index contributed by atoms with van der Waals surface area (Å²) in [6, 6.07) is 3.47. The Bertz CT molecular complexity index is 441. The molecule has 106 valence electrons. The van der Waals surface area contributed by atoms with Gasteiger partial charge in [0.1, 0.15) is 5.75 Å². The van der Waals surface area contributed by atoms with Gasteiger partial charge in [0.25, 0.3) is 0 Å². The van der Waals surface area contributed by atoms with Gasteiger partial charge in [-0.2, -0.15) is 0 Å². The van der Waals surface area contributed by atoms with Crippen LogP contribution in [0.5, 0.6) is 5.75 Å². The van der Waals surface area contributed by atoms with Crippen molar-refractivity contribution < 1.29 is 18.6 Å². The SMILES string of the molecule is NC1(CO)CCCC1CCOc1ccc(F)c(F)c1. The zero-order valence-electron chi connectivity index (χ0n) is 10.7. The first-order chi connectivity index (χ1) is 9.05. The number of halogens is 2. The molecule has 1 aliphatic rings. The fourth-order valence-corrected chi connectivity index (χ4v) is 2.69. The number of aliphatic hydroxyl groups excluding tert-OH is 1. The van der Waals surface area contributed by atoms with E-state index in [4.69, 9.17) is 10.5 Å². The maximum atomic E-state index is 13.0. The molecular weight excluding hydrogens is 252 g/mol. The van der Waals surface area contributed by atoms with Gasteiger partial charge in [-0.1, -0.05) is 6.42 Å². The molecule has 0 spiro atoms. The van der Waals surface area contributed by atoms with Crippen molar-refractivity contribution in [1.82, 2.24) is 0 Å². The molecule has 1 saturated carbocycles. The third-order valence-corrected chi connectivity index (χ3v) is 3.93. The monoisotopic (exact) mass is 271 g/mol. The van der Waals surface area contributed by atoms with Gasteiger partial charge < -0.3 is 15.6 Å². The molecule has 0 saturated heterocycles. The predicted molar refractivity (Wildman–Crippen MR) is 67.8 cm³/mol. The summed E-state index contributed by atoms with van der Waals surface area (Å²) in [5, 5.41) is 9.32. The number of hydrogen-bond acceptors (Lipinski definition) is 3. The molecule has 0 aliphatic heterocycles. The minimum absolute atomic E-state index is 0.0250. The number of nitrogens with two attached hydrogens (primary N) is 1. The lowest BCUT2D eigenvalue weighted by atomic mass is 9.87. The first-order valence-electron chi connectivity index (χ1n) is 6.53. The van der Waals surface area contributed by atoms with Crippen LogP contribution in [0.3, 0.4) is 0 Å². The van der Waals surface area contributed by atoms with Crippen LogP contribution >= 0.6 is 0 Å². The normalized spacial score (nSPS) is 26.6. The fourth-order valence-electron chi connectivity index (χ4n) is 2.69. The summed E-state index contributed by atoms with van der Waals surface area (Å²) in [5.74, 6) is -1.28. The summed E-state index contributed by atoms with van der Waals surface area (Å²) in [6.45, 7) is 0.359. The summed E-state index contributed by atoms with van der Waals surface area (Å²) < 4.78 is 31.1. The third kappa shape index (κ3) is 3.22. The molecule has 19 heavy (non-hydrogen) atoms. The minimum Gasteiger partial charge on any atom is -0.493 e. The van der Waals surface area contributed by atoms with E-state index in [2.05, 4.69) is 0 Å². The lowest BCUT2D eigenvalue weighted by Crippen LogP contribution is -2.47. The smallest absolute Gasteiger partial charge is 0.162 e. The van der Waals surface area contributed by atoms with Crippen LogP contribution < -0.4 is 10.5 Å². The average Bonchev–Trinajstić information content (AvgIpc) is 2.76. The third-order valence-electron chi connectivity index (χ3n) is 3.93. The van der Waals surface area contributed by atoms with Gasteiger partial charge in [0.05, 0.1) is 13.2 Å². The number of aliphatic hydroxyl groups is 1. The van der Waals surface area contributed by atoms with E-state index in [9.17, 15) is 13.9 Å². The van der Waals surface area contributed by atoms with Gasteiger partial charge in [-0.15, -0.1) is 0 Å². The fraction of sp³-hybridized carbons (Fsp3) is 0.571. The Labute approximate surface area is 111 Å². The molecule has 1 aromatic carbocycles. The van der Waals surface area contributed by atoms with Crippen molar-refractivity contribution in [3.05, 3.63) is 29.8 Å². The summed E-state index contributed by atoms with van der Waals surface area (Å²) in [4.78, 5) is 0. The highest BCUT2D eigenvalue weighted by Gasteiger charge is 2.38. The van der Waals surface area contributed by atoms with Crippen LogP contribution in [0.2, 0.25) is 0 Å². The summed E-state index contributed by atoms with van der Waals surface area (Å²) in [7, 11) is 0. The largest absolute Gasteiger partial charge is 0.493 e. The summed E-state index contributed by atoms with van der Waals surface area (Å²) in [6.07, 6.45) is 3.50. The zero-order valence-corrected chi connectivity index (χ0v) is 10.7. The standard InChI is InChI=1S/C14H19F2NO2/c15-12-4-3-11(8-13(12)16)19-7-5-10-2-1-6-14(10,17)9-18/h3-4,8,10,18H,1-2,5-7,9,17H2. The van der Waals surface area contributed by atoms with Crippen LogP contribution in [0, 0.1) is 17.6 Å². The second kappa shape index (κ2) is 5.84. The summed E-state index contributed by atoms with van der Waals surface area (Å²) in [5.41, 5.74) is 5.59. The topological polar surface area (TPSA) is 55.5 Å². The Morgan fingerprint density at radius 1 is 1.37 bits per heavy atom. The van der Waals surface area contributed by atoms with E-state index in [-0.39, 0.29) is 12.5 Å². The lowest BCUT2D eigenvalue weighted by molar-refractivity contribution is 0.143. The molecule has 3 N–H and O–H groups in total. The quantitative estimate of drug-likeness (QED) is 0.863. The molecule has 1 aliphatic carbocycles. The lowest BCUT2D eigenvalue weighted by Gasteiger charge is -2.29. The Morgan fingerprint density at radius 3 is 2.84 bits per heavy atom. The van der Waals surface area contributed by atoms with Gasteiger partial charge in [0, 0.05) is 11.6 Å². The van der Waals surface area contributed by atoms with Crippen molar-refractivity contribution >= 4 is 0 Å². The van der Waals surface area contributed by atoms with Crippen LogP contribution in [0.1, 0.15) is 25.7 Å². The molecule has 2 unspecified atom stereocenters. The predicted octanol–water partition coefficient (Wildman–Crippen LogP) is 2.22. The Morgan fingerprint density at radius 2 is 2.16 bits per heavy atom. The minimum atomic E-state index is -0.915. The van der Waals surface area contributed by atoms with Crippen LogP contribution in [0.4, 0.5) is 8.78 Å². The Balaban J connectivity index is 1.85. The number of rotatable bonds is 5. The number of ether oxygens (including phenoxy) is 1. The number of hydrogen-bond donors (Lipinski definition) is 2. The Hall–Kier alpha value is -1.20. The van der Waals surface area contributed by atoms with E-state index in [0.29, 0.717) is 18.8 Å². The molecule has 3 nitrogen and oxygen atoms in total. The molecule has 1 fully saturated rings. The van der Waals surface area contributed by atoms with Gasteiger partial charge in [-0.05, 0) is 37.3 Å². The van der Waals surface area contributed by atoms with Crippen LogP contribution in [-0.4, -0.2) is 23.9 Å². The van der Waals surface area contributed by atoms with Crippen molar-refractivity contribution in [3.8, 4) is 5.75 Å². The van der Waals surface area contributed by atoms with Crippen molar-refractivity contribution in [2.45, 2.75) is 31.2 Å². The molecule has 2 rings (SSSR count). The molecule has 0 radical (unpaired) electrons. The van der Waals surface area contributed by atoms with Crippen molar-refractivity contribution in [2.24, 2.45) is 11.7 Å². The second-order valence-electron chi connectivity index (χ2n) is 5.19. The maximum absolute atomic E-state index is 13.0. The first kappa shape index (κ1) is 14.2. The molecule has 0 aromatic heterocycles. The molecule has 1 aromatic rings. The Kier molecular flexibility index (Phi) is 4.37. The van der Waals surface area contributed by atoms with Gasteiger partial charge in [0.2, 0.25) is 0 Å². The highest BCUT2D eigenvalue weighted by atomic mass is 19.2. The van der Waals surface area contributed by atoms with E-state index in [1.54, 1.807) is 0 Å². The van der Waals surface area contributed by atoms with Gasteiger partial charge in [-0.3, -0.25) is 0 Å². The van der Waals surface area contributed by atoms with Gasteiger partial charge in [0.15, 0.2) is 11.6 Å². The first-order valence-corrected chi connectivity index (χ1v) is 6.53. The highest BCUT2D eigenvalue weighted by molar-refractivity contribution is 5.23. The van der Waals surface area contributed by atoms with E-state index < -0.39 is 17.2 Å². The van der Waals surface area contributed by atoms with Gasteiger partial charge in [-0.25, -0.2) is 8.78 Å². The maximum Gasteiger partial charge on any atom is 0.162 e. The van der Waals surface area contributed by atoms with Crippen molar-refractivity contribution in [1.29, 1.82) is 0 Å². The van der Waals surface area contributed by atoms with E-state index in [0.717, 1.165) is 31.4 Å². The zero-order chi connectivity index (χ0) is 13.9. The highest BCUT2D eigenvalue weighted by Crippen LogP contribution is 2.35. The van der Waals surface area contributed by atoms with E-state index in [1.807, 2.05) is 0 Å². The van der Waals surface area contributed by atoms with Crippen LogP contribution in [0.25, 0.3) is 0 Å². The number of benzene rings is 1. The van der Waals surface area contributed by atoms with Gasteiger partial charge >= 0.3 is 0 Å².